The van der Waals surface area contributed by atoms with Crippen molar-refractivity contribution in [2.75, 3.05) is 20.2 Å². The molecule has 13 heavy (non-hydrogen) atoms. The van der Waals surface area contributed by atoms with Crippen molar-refractivity contribution < 1.29 is 9.15 Å². The molecule has 1 aromatic rings. The number of nitrogens with one attached hydrogen (secondary N) is 1. The Labute approximate surface area is 78.1 Å². The second-order valence-electron chi connectivity index (χ2n) is 3.57. The summed E-state index contributed by atoms with van der Waals surface area (Å²) in [5.41, 5.74) is -0.0438. The first-order chi connectivity index (χ1) is 6.35. The molecule has 1 fully saturated rings. The number of furan rings is 1. The van der Waals surface area contributed by atoms with Gasteiger partial charge < -0.3 is 14.5 Å². The molecule has 1 atom stereocenters. The molecule has 1 aliphatic heterocycles. The first-order valence-corrected chi connectivity index (χ1v) is 4.63. The lowest BCUT2D eigenvalue weighted by Crippen LogP contribution is -2.36. The molecule has 1 aliphatic rings. The maximum absolute atomic E-state index is 5.55. The molecule has 2 heterocycles. The van der Waals surface area contributed by atoms with Crippen molar-refractivity contribution in [3.05, 3.63) is 24.2 Å². The monoisotopic (exact) mass is 181 g/mol. The highest BCUT2D eigenvalue weighted by Gasteiger charge is 2.34. The van der Waals surface area contributed by atoms with E-state index in [-0.39, 0.29) is 5.60 Å². The van der Waals surface area contributed by atoms with Crippen molar-refractivity contribution >= 4 is 0 Å². The van der Waals surface area contributed by atoms with Gasteiger partial charge in [-0.1, -0.05) is 0 Å². The van der Waals surface area contributed by atoms with Crippen molar-refractivity contribution in [3.63, 3.8) is 0 Å². The Balaban J connectivity index is 2.06. The maximum Gasteiger partial charge on any atom is 0.106 e. The van der Waals surface area contributed by atoms with Gasteiger partial charge in [-0.25, -0.2) is 0 Å². The topological polar surface area (TPSA) is 34.4 Å². The summed E-state index contributed by atoms with van der Waals surface area (Å²) in [5.74, 6) is 1.01. The van der Waals surface area contributed by atoms with Crippen LogP contribution in [0.3, 0.4) is 0 Å². The van der Waals surface area contributed by atoms with Gasteiger partial charge in [0.05, 0.1) is 11.9 Å². The average molecular weight is 181 g/mol. The summed E-state index contributed by atoms with van der Waals surface area (Å²) in [6.07, 6.45) is 3.63. The van der Waals surface area contributed by atoms with E-state index in [0.29, 0.717) is 0 Å². The number of rotatable bonds is 3. The Hall–Kier alpha value is -0.800. The normalized spacial score (nSPS) is 28.1. The lowest BCUT2D eigenvalue weighted by molar-refractivity contribution is 0.00392. The van der Waals surface area contributed by atoms with Crippen molar-refractivity contribution in [1.82, 2.24) is 5.32 Å². The summed E-state index contributed by atoms with van der Waals surface area (Å²) in [6.45, 7) is 1.96. The van der Waals surface area contributed by atoms with Gasteiger partial charge in [0.15, 0.2) is 0 Å². The second kappa shape index (κ2) is 3.52. The molecule has 0 spiro atoms. The zero-order valence-corrected chi connectivity index (χ0v) is 7.88. The molecule has 0 bridgehead atoms. The maximum atomic E-state index is 5.55. The van der Waals surface area contributed by atoms with Crippen LogP contribution < -0.4 is 5.32 Å². The molecule has 0 saturated carbocycles. The quantitative estimate of drug-likeness (QED) is 0.761. The van der Waals surface area contributed by atoms with Crippen molar-refractivity contribution in [1.29, 1.82) is 0 Å². The Bertz CT molecular complexity index is 250. The average Bonchev–Trinajstić information content (AvgIpc) is 2.77. The summed E-state index contributed by atoms with van der Waals surface area (Å²) in [7, 11) is 1.77. The van der Waals surface area contributed by atoms with Crippen LogP contribution in [-0.4, -0.2) is 25.8 Å². The Morgan fingerprint density at radius 2 is 2.62 bits per heavy atom. The fraction of sp³-hybridized carbons (Fsp3) is 0.600. The summed E-state index contributed by atoms with van der Waals surface area (Å²) < 4.78 is 10.9. The smallest absolute Gasteiger partial charge is 0.106 e. The third-order valence-corrected chi connectivity index (χ3v) is 2.71. The molecular weight excluding hydrogens is 166 g/mol. The fourth-order valence-electron chi connectivity index (χ4n) is 1.85. The van der Waals surface area contributed by atoms with Gasteiger partial charge in [-0.05, 0) is 25.1 Å². The largest absolute Gasteiger partial charge is 0.469 e. The number of hydrogen-bond acceptors (Lipinski definition) is 3. The van der Waals surface area contributed by atoms with Crippen LogP contribution in [0, 0.1) is 0 Å². The molecule has 0 amide bonds. The van der Waals surface area contributed by atoms with Crippen LogP contribution in [0.5, 0.6) is 0 Å². The van der Waals surface area contributed by atoms with E-state index in [2.05, 4.69) is 5.32 Å². The van der Waals surface area contributed by atoms with Crippen molar-refractivity contribution in [3.8, 4) is 0 Å². The summed E-state index contributed by atoms with van der Waals surface area (Å²) in [4.78, 5) is 0. The minimum Gasteiger partial charge on any atom is -0.469 e. The van der Waals surface area contributed by atoms with Gasteiger partial charge in [0.1, 0.15) is 5.76 Å². The number of ether oxygens (including phenoxy) is 1. The number of methoxy groups -OCH3 is 1. The highest BCUT2D eigenvalue weighted by molar-refractivity contribution is 5.05. The van der Waals surface area contributed by atoms with Crippen molar-refractivity contribution in [2.45, 2.75) is 18.4 Å². The lowest BCUT2D eigenvalue weighted by Gasteiger charge is -2.25. The van der Waals surface area contributed by atoms with E-state index in [1.165, 1.54) is 0 Å². The van der Waals surface area contributed by atoms with Gasteiger partial charge in [0.25, 0.3) is 0 Å². The first-order valence-electron chi connectivity index (χ1n) is 4.63. The van der Waals surface area contributed by atoms with E-state index in [1.807, 2.05) is 12.1 Å². The summed E-state index contributed by atoms with van der Waals surface area (Å²) in [6, 6.07) is 3.92. The lowest BCUT2D eigenvalue weighted by atomic mass is 9.97. The van der Waals surface area contributed by atoms with Crippen molar-refractivity contribution in [2.24, 2.45) is 0 Å². The van der Waals surface area contributed by atoms with Crippen LogP contribution in [0.25, 0.3) is 0 Å². The van der Waals surface area contributed by atoms with E-state index in [9.17, 15) is 0 Å². The van der Waals surface area contributed by atoms with E-state index in [1.54, 1.807) is 13.4 Å². The van der Waals surface area contributed by atoms with Crippen LogP contribution in [0.15, 0.2) is 22.8 Å². The fourth-order valence-corrected chi connectivity index (χ4v) is 1.85. The third kappa shape index (κ3) is 1.76. The Kier molecular flexibility index (Phi) is 2.38. The van der Waals surface area contributed by atoms with E-state index in [4.69, 9.17) is 9.15 Å². The Morgan fingerprint density at radius 1 is 1.69 bits per heavy atom. The van der Waals surface area contributed by atoms with Crippen LogP contribution in [-0.2, 0) is 11.2 Å². The molecule has 0 aromatic carbocycles. The molecule has 1 unspecified atom stereocenters. The van der Waals surface area contributed by atoms with Crippen LogP contribution in [0.4, 0.5) is 0 Å². The van der Waals surface area contributed by atoms with Gasteiger partial charge >= 0.3 is 0 Å². The van der Waals surface area contributed by atoms with Gasteiger partial charge in [-0.2, -0.15) is 0 Å². The van der Waals surface area contributed by atoms with Crippen LogP contribution in [0.2, 0.25) is 0 Å². The highest BCUT2D eigenvalue weighted by atomic mass is 16.5. The molecule has 2 rings (SSSR count). The van der Waals surface area contributed by atoms with E-state index < -0.39 is 0 Å². The zero-order chi connectivity index (χ0) is 9.15. The molecule has 3 nitrogen and oxygen atoms in total. The minimum absolute atomic E-state index is 0.0438. The predicted molar refractivity (Wildman–Crippen MR) is 49.6 cm³/mol. The minimum atomic E-state index is -0.0438. The molecular formula is C10H15NO2. The van der Waals surface area contributed by atoms with Gasteiger partial charge in [-0.3, -0.25) is 0 Å². The highest BCUT2D eigenvalue weighted by Crippen LogP contribution is 2.24. The third-order valence-electron chi connectivity index (χ3n) is 2.71. The predicted octanol–water partition coefficient (Wildman–Crippen LogP) is 1.20. The molecule has 72 valence electrons. The SMILES string of the molecule is COC1(Cc2ccco2)CCNC1. The molecule has 0 aliphatic carbocycles. The number of hydrogen-bond donors (Lipinski definition) is 1. The van der Waals surface area contributed by atoms with Gasteiger partial charge in [0.2, 0.25) is 0 Å². The Morgan fingerprint density at radius 3 is 3.15 bits per heavy atom. The van der Waals surface area contributed by atoms with Crippen LogP contribution >= 0.6 is 0 Å². The van der Waals surface area contributed by atoms with Gasteiger partial charge in [-0.15, -0.1) is 0 Å². The molecule has 3 heteroatoms. The molecule has 0 radical (unpaired) electrons. The van der Waals surface area contributed by atoms with Crippen LogP contribution in [0.1, 0.15) is 12.2 Å². The molecule has 1 saturated heterocycles. The molecule has 1 N–H and O–H groups in total. The second-order valence-corrected chi connectivity index (χ2v) is 3.57. The zero-order valence-electron chi connectivity index (χ0n) is 7.88. The van der Waals surface area contributed by atoms with Gasteiger partial charge in [0, 0.05) is 20.1 Å². The van der Waals surface area contributed by atoms with E-state index in [0.717, 1.165) is 31.7 Å². The summed E-state index contributed by atoms with van der Waals surface area (Å²) >= 11 is 0. The standard InChI is InChI=1S/C10H15NO2/c1-12-10(4-5-11-8-10)7-9-3-2-6-13-9/h2-3,6,11H,4-5,7-8H2,1H3. The first kappa shape index (κ1) is 8.78. The molecule has 1 aromatic heterocycles. The van der Waals surface area contributed by atoms with E-state index >= 15 is 0 Å². The summed E-state index contributed by atoms with van der Waals surface area (Å²) in [5, 5.41) is 3.31.